The van der Waals surface area contributed by atoms with Gasteiger partial charge in [0.1, 0.15) is 6.33 Å². The Hall–Kier alpha value is -4.08. The van der Waals surface area contributed by atoms with Gasteiger partial charge in [-0.2, -0.15) is 0 Å². The zero-order chi connectivity index (χ0) is 26.5. The summed E-state index contributed by atoms with van der Waals surface area (Å²) in [7, 11) is 0. The largest absolute Gasteiger partial charge is 0.365 e. The van der Waals surface area contributed by atoms with Crippen molar-refractivity contribution in [1.29, 1.82) is 0 Å². The number of benzene rings is 1. The van der Waals surface area contributed by atoms with Gasteiger partial charge in [0.05, 0.1) is 29.2 Å². The lowest BCUT2D eigenvalue weighted by atomic mass is 9.97. The van der Waals surface area contributed by atoms with Crippen LogP contribution in [0.1, 0.15) is 55.8 Å². The number of rotatable bonds is 9. The van der Waals surface area contributed by atoms with Crippen LogP contribution in [0.5, 0.6) is 0 Å². The number of imidazole rings is 1. The molecular formula is C26H33N7O3. The molecule has 3 rings (SSSR count). The molecule has 1 unspecified atom stereocenters. The lowest BCUT2D eigenvalue weighted by molar-refractivity contribution is -0.127. The Balaban J connectivity index is 1.97. The first kappa shape index (κ1) is 26.5. The molecule has 0 fully saturated rings. The highest BCUT2D eigenvalue weighted by Gasteiger charge is 2.31. The van der Waals surface area contributed by atoms with E-state index < -0.39 is 22.9 Å². The Morgan fingerprint density at radius 3 is 2.47 bits per heavy atom. The summed E-state index contributed by atoms with van der Waals surface area (Å²) in [4.78, 5) is 51.2. The molecule has 0 radical (unpaired) electrons. The van der Waals surface area contributed by atoms with Crippen molar-refractivity contribution in [2.45, 2.75) is 58.9 Å². The number of hydrogen-bond donors (Lipinski definition) is 2. The first-order chi connectivity index (χ1) is 17.0. The van der Waals surface area contributed by atoms with Gasteiger partial charge in [0, 0.05) is 18.5 Å². The first-order valence-corrected chi connectivity index (χ1v) is 11.7. The topological polar surface area (TPSA) is 123 Å². The van der Waals surface area contributed by atoms with Crippen molar-refractivity contribution in [3.8, 4) is 0 Å². The van der Waals surface area contributed by atoms with Gasteiger partial charge < -0.3 is 10.6 Å². The standard InChI is InChI=1S/C26H33N7O3/c1-17-15-29-23(28-13-12-19-10-8-7-9-11-19)25(36)33(17)32-16-30-18(2)22(32)20(24(35)27-6)14-21(34)31-26(3,4)5/h7-11,15-16,20H,6,12-14H2,1-5H3,(H,28,29)(H,31,34). The van der Waals surface area contributed by atoms with Gasteiger partial charge >= 0.3 is 5.56 Å². The summed E-state index contributed by atoms with van der Waals surface area (Å²) >= 11 is 0. The van der Waals surface area contributed by atoms with Crippen LogP contribution in [-0.2, 0) is 16.0 Å². The highest BCUT2D eigenvalue weighted by atomic mass is 16.2. The molecule has 0 aliphatic heterocycles. The molecular weight excluding hydrogens is 458 g/mol. The number of carbonyl (C=O) groups excluding carboxylic acids is 2. The van der Waals surface area contributed by atoms with E-state index in [2.05, 4.69) is 32.3 Å². The SMILES string of the molecule is C=NC(=O)C(CC(=O)NC(C)(C)C)c1c(C)ncn1-n1c(C)cnc(NCCc2ccccc2)c1=O. The monoisotopic (exact) mass is 491 g/mol. The van der Waals surface area contributed by atoms with E-state index in [0.717, 1.165) is 12.0 Å². The van der Waals surface area contributed by atoms with Crippen LogP contribution in [0.2, 0.25) is 0 Å². The maximum atomic E-state index is 13.5. The molecule has 0 aliphatic carbocycles. The number of aryl methyl sites for hydroxylation is 2. The van der Waals surface area contributed by atoms with Crippen molar-refractivity contribution >= 4 is 24.3 Å². The van der Waals surface area contributed by atoms with E-state index in [0.29, 0.717) is 23.6 Å². The third-order valence-electron chi connectivity index (χ3n) is 5.54. The number of aliphatic imine (C=N–C) groups is 1. The third-order valence-corrected chi connectivity index (χ3v) is 5.54. The van der Waals surface area contributed by atoms with E-state index in [9.17, 15) is 14.4 Å². The average molecular weight is 492 g/mol. The Morgan fingerprint density at radius 1 is 1.14 bits per heavy atom. The fraction of sp³-hybridized carbons (Fsp3) is 0.385. The summed E-state index contributed by atoms with van der Waals surface area (Å²) in [5.74, 6) is -1.70. The molecule has 36 heavy (non-hydrogen) atoms. The predicted octanol–water partition coefficient (Wildman–Crippen LogP) is 2.64. The first-order valence-electron chi connectivity index (χ1n) is 11.7. The summed E-state index contributed by atoms with van der Waals surface area (Å²) in [5, 5.41) is 5.97. The van der Waals surface area contributed by atoms with Crippen LogP contribution in [0, 0.1) is 13.8 Å². The molecule has 1 aromatic carbocycles. The van der Waals surface area contributed by atoms with Crippen LogP contribution in [0.4, 0.5) is 5.82 Å². The normalized spacial score (nSPS) is 12.1. The van der Waals surface area contributed by atoms with Crippen molar-refractivity contribution in [3.05, 3.63) is 75.9 Å². The summed E-state index contributed by atoms with van der Waals surface area (Å²) in [5.41, 5.74) is 1.69. The Morgan fingerprint density at radius 2 is 1.83 bits per heavy atom. The minimum atomic E-state index is -0.971. The molecule has 0 saturated heterocycles. The van der Waals surface area contributed by atoms with Gasteiger partial charge in [-0.05, 0) is 53.3 Å². The fourth-order valence-electron chi connectivity index (χ4n) is 3.96. The number of anilines is 1. The summed E-state index contributed by atoms with van der Waals surface area (Å²) in [6.45, 7) is 12.9. The molecule has 0 bridgehead atoms. The van der Waals surface area contributed by atoms with Crippen molar-refractivity contribution in [2.24, 2.45) is 4.99 Å². The molecule has 2 heterocycles. The maximum absolute atomic E-state index is 13.5. The van der Waals surface area contributed by atoms with E-state index >= 15 is 0 Å². The van der Waals surface area contributed by atoms with E-state index in [1.54, 1.807) is 20.0 Å². The Bertz CT molecular complexity index is 1300. The Labute approximate surface area is 210 Å². The second kappa shape index (κ2) is 11.1. The van der Waals surface area contributed by atoms with Crippen LogP contribution < -0.4 is 16.2 Å². The van der Waals surface area contributed by atoms with Crippen molar-refractivity contribution in [2.75, 3.05) is 11.9 Å². The van der Waals surface area contributed by atoms with Gasteiger partial charge in [-0.15, -0.1) is 0 Å². The molecule has 2 amide bonds. The molecule has 2 aromatic heterocycles. The van der Waals surface area contributed by atoms with Crippen molar-refractivity contribution in [1.82, 2.24) is 24.6 Å². The molecule has 10 nitrogen and oxygen atoms in total. The number of aromatic nitrogens is 4. The molecule has 1 atom stereocenters. The van der Waals surface area contributed by atoms with E-state index in [-0.39, 0.29) is 18.1 Å². The molecule has 0 spiro atoms. The quantitative estimate of drug-likeness (QED) is 0.444. The molecule has 10 heteroatoms. The number of nitrogens with one attached hydrogen (secondary N) is 2. The van der Waals surface area contributed by atoms with Gasteiger partial charge in [-0.1, -0.05) is 30.3 Å². The predicted molar refractivity (Wildman–Crippen MR) is 139 cm³/mol. The number of hydrogen-bond acceptors (Lipinski definition) is 6. The Kier molecular flexibility index (Phi) is 8.18. The minimum Gasteiger partial charge on any atom is -0.365 e. The molecule has 0 aliphatic rings. The summed E-state index contributed by atoms with van der Waals surface area (Å²) in [6, 6.07) is 9.92. The van der Waals surface area contributed by atoms with E-state index in [1.165, 1.54) is 15.7 Å². The molecule has 190 valence electrons. The minimum absolute atomic E-state index is 0.164. The van der Waals surface area contributed by atoms with Gasteiger partial charge in [0.25, 0.3) is 5.91 Å². The molecule has 3 aromatic rings. The van der Waals surface area contributed by atoms with Crippen LogP contribution in [0.15, 0.2) is 52.6 Å². The summed E-state index contributed by atoms with van der Waals surface area (Å²) < 4.78 is 2.88. The van der Waals surface area contributed by atoms with E-state index in [1.807, 2.05) is 51.1 Å². The summed E-state index contributed by atoms with van der Waals surface area (Å²) in [6.07, 6.45) is 3.58. The van der Waals surface area contributed by atoms with Crippen molar-refractivity contribution < 1.29 is 9.59 Å². The fourth-order valence-corrected chi connectivity index (χ4v) is 3.96. The highest BCUT2D eigenvalue weighted by molar-refractivity contribution is 5.92. The smallest absolute Gasteiger partial charge is 0.312 e. The van der Waals surface area contributed by atoms with Crippen LogP contribution in [0.3, 0.4) is 0 Å². The number of amides is 2. The second-order valence-corrected chi connectivity index (χ2v) is 9.64. The number of carbonyl (C=O) groups is 2. The number of nitrogens with zero attached hydrogens (tertiary/aromatic N) is 5. The van der Waals surface area contributed by atoms with Crippen molar-refractivity contribution in [3.63, 3.8) is 0 Å². The van der Waals surface area contributed by atoms with Crippen LogP contribution >= 0.6 is 0 Å². The molecule has 0 saturated carbocycles. The highest BCUT2D eigenvalue weighted by Crippen LogP contribution is 2.25. The zero-order valence-electron chi connectivity index (χ0n) is 21.4. The average Bonchev–Trinajstić information content (AvgIpc) is 3.18. The second-order valence-electron chi connectivity index (χ2n) is 9.64. The van der Waals surface area contributed by atoms with Gasteiger partial charge in [-0.25, -0.2) is 24.3 Å². The van der Waals surface area contributed by atoms with Crippen LogP contribution in [0.25, 0.3) is 0 Å². The molecule has 2 N–H and O–H groups in total. The van der Waals surface area contributed by atoms with Crippen LogP contribution in [-0.4, -0.2) is 49.9 Å². The van der Waals surface area contributed by atoms with Gasteiger partial charge in [0.15, 0.2) is 5.82 Å². The van der Waals surface area contributed by atoms with Gasteiger partial charge in [0.2, 0.25) is 5.91 Å². The zero-order valence-corrected chi connectivity index (χ0v) is 21.4. The third kappa shape index (κ3) is 6.32. The van der Waals surface area contributed by atoms with E-state index in [4.69, 9.17) is 0 Å². The lowest BCUT2D eigenvalue weighted by Gasteiger charge is -2.23. The van der Waals surface area contributed by atoms with Gasteiger partial charge in [-0.3, -0.25) is 14.4 Å². The lowest BCUT2D eigenvalue weighted by Crippen LogP contribution is -2.42. The maximum Gasteiger partial charge on any atom is 0.312 e.